The van der Waals surface area contributed by atoms with Gasteiger partial charge >= 0.3 is 0 Å². The molecule has 3 nitrogen and oxygen atoms in total. The van der Waals surface area contributed by atoms with Crippen molar-refractivity contribution in [3.63, 3.8) is 0 Å². The first kappa shape index (κ1) is 13.3. The van der Waals surface area contributed by atoms with Crippen molar-refractivity contribution in [1.82, 2.24) is 15.1 Å². The first-order chi connectivity index (χ1) is 7.96. The first-order valence-corrected chi connectivity index (χ1v) is 7.14. The first-order valence-electron chi connectivity index (χ1n) is 7.14. The maximum atomic E-state index is 3.63. The van der Waals surface area contributed by atoms with E-state index in [2.05, 4.69) is 42.9 Å². The zero-order valence-corrected chi connectivity index (χ0v) is 12.0. The molecule has 0 amide bonds. The van der Waals surface area contributed by atoms with E-state index in [1.165, 1.54) is 39.0 Å². The maximum Gasteiger partial charge on any atom is 0.0252 e. The average molecular weight is 239 g/mol. The Bertz CT molecular complexity index is 252. The predicted octanol–water partition coefficient (Wildman–Crippen LogP) is 1.40. The predicted molar refractivity (Wildman–Crippen MR) is 73.3 cm³/mol. The van der Waals surface area contributed by atoms with Gasteiger partial charge in [-0.3, -0.25) is 4.90 Å². The summed E-state index contributed by atoms with van der Waals surface area (Å²) < 4.78 is 0. The molecule has 0 aliphatic carbocycles. The third kappa shape index (κ3) is 3.67. The zero-order valence-electron chi connectivity index (χ0n) is 12.0. The molecular weight excluding hydrogens is 210 g/mol. The van der Waals surface area contributed by atoms with Crippen LogP contribution >= 0.6 is 0 Å². The van der Waals surface area contributed by atoms with Crippen molar-refractivity contribution in [2.24, 2.45) is 5.92 Å². The fourth-order valence-corrected chi connectivity index (χ4v) is 3.27. The highest BCUT2D eigenvalue weighted by Gasteiger charge is 2.31. The third-order valence-corrected chi connectivity index (χ3v) is 4.31. The van der Waals surface area contributed by atoms with E-state index in [1.54, 1.807) is 0 Å². The Hall–Kier alpha value is -0.120. The maximum absolute atomic E-state index is 3.63. The zero-order chi connectivity index (χ0) is 12.5. The molecule has 3 heteroatoms. The summed E-state index contributed by atoms with van der Waals surface area (Å²) in [5.41, 5.74) is 0.285. The van der Waals surface area contributed by atoms with Gasteiger partial charge in [0.15, 0.2) is 0 Å². The second kappa shape index (κ2) is 5.25. The van der Waals surface area contributed by atoms with Gasteiger partial charge in [0.2, 0.25) is 0 Å². The number of nitrogens with one attached hydrogen (secondary N) is 1. The molecule has 0 bridgehead atoms. The van der Waals surface area contributed by atoms with Crippen LogP contribution < -0.4 is 5.32 Å². The number of piperidine rings is 1. The standard InChI is InChI=1S/C14H29N3/c1-12-8-15-14(2,3)11-17(12)10-13-6-5-7-16(4)9-13/h12-13,15H,5-11H2,1-4H3. The van der Waals surface area contributed by atoms with Crippen LogP contribution in [0.25, 0.3) is 0 Å². The summed E-state index contributed by atoms with van der Waals surface area (Å²) in [4.78, 5) is 5.19. The number of rotatable bonds is 2. The molecule has 1 N–H and O–H groups in total. The lowest BCUT2D eigenvalue weighted by atomic mass is 9.94. The molecule has 2 aliphatic heterocycles. The van der Waals surface area contributed by atoms with Gasteiger partial charge in [-0.15, -0.1) is 0 Å². The molecule has 0 radical (unpaired) electrons. The summed E-state index contributed by atoms with van der Waals surface area (Å²) in [5, 5.41) is 3.63. The van der Waals surface area contributed by atoms with E-state index < -0.39 is 0 Å². The van der Waals surface area contributed by atoms with Crippen LogP contribution in [-0.4, -0.2) is 61.2 Å². The van der Waals surface area contributed by atoms with Crippen molar-refractivity contribution in [3.8, 4) is 0 Å². The van der Waals surface area contributed by atoms with E-state index in [-0.39, 0.29) is 5.54 Å². The van der Waals surface area contributed by atoms with Gasteiger partial charge in [0.25, 0.3) is 0 Å². The number of hydrogen-bond donors (Lipinski definition) is 1. The molecule has 100 valence electrons. The fraction of sp³-hybridized carbons (Fsp3) is 1.00. The lowest BCUT2D eigenvalue weighted by Crippen LogP contribution is -2.61. The summed E-state index contributed by atoms with van der Waals surface area (Å²) in [6.45, 7) is 13.2. The van der Waals surface area contributed by atoms with Crippen LogP contribution in [0.3, 0.4) is 0 Å². The number of piperazine rings is 1. The molecular formula is C14H29N3. The Kier molecular flexibility index (Phi) is 4.11. The highest BCUT2D eigenvalue weighted by atomic mass is 15.2. The minimum atomic E-state index is 0.285. The van der Waals surface area contributed by atoms with Gasteiger partial charge in [-0.05, 0) is 53.1 Å². The number of likely N-dealkylation sites (tertiary alicyclic amines) is 1. The molecule has 2 atom stereocenters. The van der Waals surface area contributed by atoms with Crippen LogP contribution in [0.4, 0.5) is 0 Å². The Labute approximate surface area is 107 Å². The van der Waals surface area contributed by atoms with E-state index >= 15 is 0 Å². The third-order valence-electron chi connectivity index (χ3n) is 4.31. The van der Waals surface area contributed by atoms with Crippen molar-refractivity contribution in [2.45, 2.75) is 45.2 Å². The molecule has 0 aromatic rings. The van der Waals surface area contributed by atoms with Gasteiger partial charge in [-0.2, -0.15) is 0 Å². The Morgan fingerprint density at radius 2 is 2.12 bits per heavy atom. The summed E-state index contributed by atoms with van der Waals surface area (Å²) in [7, 11) is 2.26. The average Bonchev–Trinajstić information content (AvgIpc) is 2.23. The van der Waals surface area contributed by atoms with Crippen molar-refractivity contribution < 1.29 is 0 Å². The van der Waals surface area contributed by atoms with E-state index in [1.807, 2.05) is 0 Å². The van der Waals surface area contributed by atoms with Crippen molar-refractivity contribution in [3.05, 3.63) is 0 Å². The molecule has 2 fully saturated rings. The molecule has 2 aliphatic rings. The van der Waals surface area contributed by atoms with Crippen LogP contribution in [0.15, 0.2) is 0 Å². The Balaban J connectivity index is 1.88. The molecule has 2 heterocycles. The monoisotopic (exact) mass is 239 g/mol. The summed E-state index contributed by atoms with van der Waals surface area (Å²) >= 11 is 0. The minimum absolute atomic E-state index is 0.285. The quantitative estimate of drug-likeness (QED) is 0.786. The van der Waals surface area contributed by atoms with Gasteiger partial charge in [0.05, 0.1) is 0 Å². The van der Waals surface area contributed by atoms with E-state index in [0.717, 1.165) is 12.5 Å². The Morgan fingerprint density at radius 1 is 1.35 bits per heavy atom. The molecule has 2 saturated heterocycles. The van der Waals surface area contributed by atoms with Gasteiger partial charge < -0.3 is 10.2 Å². The number of hydrogen-bond acceptors (Lipinski definition) is 3. The minimum Gasteiger partial charge on any atom is -0.309 e. The van der Waals surface area contributed by atoms with Gasteiger partial charge in [-0.25, -0.2) is 0 Å². The highest BCUT2D eigenvalue weighted by Crippen LogP contribution is 2.21. The van der Waals surface area contributed by atoms with Crippen LogP contribution in [-0.2, 0) is 0 Å². The fourth-order valence-electron chi connectivity index (χ4n) is 3.27. The molecule has 0 aromatic carbocycles. The van der Waals surface area contributed by atoms with Crippen LogP contribution in [0.2, 0.25) is 0 Å². The molecule has 0 spiro atoms. The molecule has 2 rings (SSSR count). The molecule has 2 unspecified atom stereocenters. The second-order valence-electron chi connectivity index (χ2n) is 6.81. The van der Waals surface area contributed by atoms with Crippen molar-refractivity contribution in [1.29, 1.82) is 0 Å². The van der Waals surface area contributed by atoms with Gasteiger partial charge in [0.1, 0.15) is 0 Å². The van der Waals surface area contributed by atoms with Crippen LogP contribution in [0.1, 0.15) is 33.6 Å². The van der Waals surface area contributed by atoms with Crippen LogP contribution in [0.5, 0.6) is 0 Å². The Morgan fingerprint density at radius 3 is 2.82 bits per heavy atom. The van der Waals surface area contributed by atoms with Crippen molar-refractivity contribution in [2.75, 3.05) is 39.8 Å². The lowest BCUT2D eigenvalue weighted by molar-refractivity contribution is 0.0695. The second-order valence-corrected chi connectivity index (χ2v) is 6.81. The smallest absolute Gasteiger partial charge is 0.0252 e. The highest BCUT2D eigenvalue weighted by molar-refractivity contribution is 4.91. The lowest BCUT2D eigenvalue weighted by Gasteiger charge is -2.45. The van der Waals surface area contributed by atoms with E-state index in [9.17, 15) is 0 Å². The largest absolute Gasteiger partial charge is 0.309 e. The van der Waals surface area contributed by atoms with Crippen molar-refractivity contribution >= 4 is 0 Å². The normalized spacial score (nSPS) is 36.0. The number of nitrogens with zero attached hydrogens (tertiary/aromatic N) is 2. The molecule has 17 heavy (non-hydrogen) atoms. The van der Waals surface area contributed by atoms with E-state index in [4.69, 9.17) is 0 Å². The van der Waals surface area contributed by atoms with Gasteiger partial charge in [0, 0.05) is 37.8 Å². The molecule has 0 saturated carbocycles. The topological polar surface area (TPSA) is 18.5 Å². The van der Waals surface area contributed by atoms with Gasteiger partial charge in [-0.1, -0.05) is 0 Å². The summed E-state index contributed by atoms with van der Waals surface area (Å²) in [5.74, 6) is 0.880. The van der Waals surface area contributed by atoms with Crippen LogP contribution in [0, 0.1) is 5.92 Å². The van der Waals surface area contributed by atoms with E-state index in [0.29, 0.717) is 6.04 Å². The molecule has 0 aromatic heterocycles. The SMILES string of the molecule is CC1CNC(C)(C)CN1CC1CCCN(C)C1. The summed E-state index contributed by atoms with van der Waals surface area (Å²) in [6, 6.07) is 0.690. The summed E-state index contributed by atoms with van der Waals surface area (Å²) in [6.07, 6.45) is 2.80.